The molecule has 0 radical (unpaired) electrons. The van der Waals surface area contributed by atoms with E-state index in [9.17, 15) is 10.2 Å². The molecule has 0 spiro atoms. The van der Waals surface area contributed by atoms with Gasteiger partial charge in [0.25, 0.3) is 0 Å². The fourth-order valence-corrected chi connectivity index (χ4v) is 2.71. The van der Waals surface area contributed by atoms with Crippen molar-refractivity contribution in [3.05, 3.63) is 29.8 Å². The van der Waals surface area contributed by atoms with Gasteiger partial charge in [0.1, 0.15) is 0 Å². The number of hydrogen-bond donors (Lipinski definition) is 2. The van der Waals surface area contributed by atoms with Crippen molar-refractivity contribution >= 4 is 5.69 Å². The highest BCUT2D eigenvalue weighted by molar-refractivity contribution is 5.55. The molecule has 1 fully saturated rings. The Kier molecular flexibility index (Phi) is 4.61. The molecule has 0 aliphatic carbocycles. The zero-order valence-corrected chi connectivity index (χ0v) is 11.0. The van der Waals surface area contributed by atoms with Crippen LogP contribution in [0.15, 0.2) is 24.3 Å². The van der Waals surface area contributed by atoms with Crippen molar-refractivity contribution in [3.63, 3.8) is 0 Å². The Bertz CT molecular complexity index is 381. The molecule has 0 saturated carbocycles. The number of benzene rings is 1. The third-order valence-electron chi connectivity index (χ3n) is 3.80. The van der Waals surface area contributed by atoms with Gasteiger partial charge in [0, 0.05) is 30.9 Å². The normalized spacial score (nSPS) is 21.9. The maximum atomic E-state index is 10.1. The molecule has 1 aliphatic rings. The summed E-state index contributed by atoms with van der Waals surface area (Å²) in [5.74, 6) is 0.366. The standard InChI is InChI=1S/C15H23NO2/c1-2-15(18)13-7-3-4-8-14(13)16-9-5-6-12(10-16)11-17/h3-4,7-8,12,15,17-18H,2,5-6,9-11H2,1H3/t12?,15-/m1/s1. The number of para-hydroxylation sites is 1. The maximum absolute atomic E-state index is 10.1. The van der Waals surface area contributed by atoms with Crippen LogP contribution in [0.4, 0.5) is 5.69 Å². The van der Waals surface area contributed by atoms with Gasteiger partial charge in [0.05, 0.1) is 6.10 Å². The van der Waals surface area contributed by atoms with Gasteiger partial charge in [-0.3, -0.25) is 0 Å². The van der Waals surface area contributed by atoms with Crippen molar-refractivity contribution in [1.82, 2.24) is 0 Å². The summed E-state index contributed by atoms with van der Waals surface area (Å²) in [6, 6.07) is 8.08. The van der Waals surface area contributed by atoms with Gasteiger partial charge in [0.2, 0.25) is 0 Å². The van der Waals surface area contributed by atoms with Crippen LogP contribution in [-0.2, 0) is 0 Å². The smallest absolute Gasteiger partial charge is 0.0807 e. The molecule has 2 N–H and O–H groups in total. The summed E-state index contributed by atoms with van der Waals surface area (Å²) in [6.45, 7) is 4.16. The number of piperidine rings is 1. The molecule has 1 heterocycles. The number of aliphatic hydroxyl groups excluding tert-OH is 2. The average Bonchev–Trinajstić information content (AvgIpc) is 2.46. The molecule has 0 amide bonds. The van der Waals surface area contributed by atoms with Crippen molar-refractivity contribution in [3.8, 4) is 0 Å². The monoisotopic (exact) mass is 249 g/mol. The van der Waals surface area contributed by atoms with Crippen LogP contribution in [0.25, 0.3) is 0 Å². The molecule has 0 aromatic heterocycles. The largest absolute Gasteiger partial charge is 0.396 e. The third kappa shape index (κ3) is 2.85. The molecule has 1 aliphatic heterocycles. The Morgan fingerprint density at radius 2 is 2.17 bits per heavy atom. The molecule has 2 atom stereocenters. The van der Waals surface area contributed by atoms with E-state index in [1.165, 1.54) is 0 Å². The lowest BCUT2D eigenvalue weighted by atomic mass is 9.96. The van der Waals surface area contributed by atoms with Gasteiger partial charge in [-0.1, -0.05) is 25.1 Å². The first-order valence-corrected chi connectivity index (χ1v) is 6.89. The SMILES string of the molecule is CC[C@@H](O)c1ccccc1N1CCCC(CO)C1. The molecule has 18 heavy (non-hydrogen) atoms. The highest BCUT2D eigenvalue weighted by Gasteiger charge is 2.22. The second-order valence-corrected chi connectivity index (χ2v) is 5.12. The van der Waals surface area contributed by atoms with Crippen molar-refractivity contribution in [1.29, 1.82) is 0 Å². The molecule has 3 heteroatoms. The Balaban J connectivity index is 2.21. The first-order valence-electron chi connectivity index (χ1n) is 6.89. The molecular weight excluding hydrogens is 226 g/mol. The summed E-state index contributed by atoms with van der Waals surface area (Å²) in [6.07, 6.45) is 2.55. The van der Waals surface area contributed by atoms with E-state index in [4.69, 9.17) is 0 Å². The van der Waals surface area contributed by atoms with Crippen LogP contribution in [0.2, 0.25) is 0 Å². The number of anilines is 1. The maximum Gasteiger partial charge on any atom is 0.0807 e. The summed E-state index contributed by atoms with van der Waals surface area (Å²) in [7, 11) is 0. The van der Waals surface area contributed by atoms with Crippen molar-refractivity contribution in [2.24, 2.45) is 5.92 Å². The first kappa shape index (κ1) is 13.4. The van der Waals surface area contributed by atoms with Crippen molar-refractivity contribution in [2.45, 2.75) is 32.3 Å². The number of nitrogens with zero attached hydrogens (tertiary/aromatic N) is 1. The fourth-order valence-electron chi connectivity index (χ4n) is 2.71. The van der Waals surface area contributed by atoms with Crippen molar-refractivity contribution < 1.29 is 10.2 Å². The van der Waals surface area contributed by atoms with E-state index in [1.54, 1.807) is 0 Å². The van der Waals surface area contributed by atoms with Gasteiger partial charge < -0.3 is 15.1 Å². The zero-order valence-electron chi connectivity index (χ0n) is 11.0. The average molecular weight is 249 g/mol. The fraction of sp³-hybridized carbons (Fsp3) is 0.600. The topological polar surface area (TPSA) is 43.7 Å². The Hall–Kier alpha value is -1.06. The van der Waals surface area contributed by atoms with Crippen LogP contribution < -0.4 is 4.90 Å². The minimum absolute atomic E-state index is 0.259. The van der Waals surface area contributed by atoms with Crippen LogP contribution >= 0.6 is 0 Å². The van der Waals surface area contributed by atoms with Crippen LogP contribution in [0.1, 0.15) is 37.9 Å². The number of aliphatic hydroxyl groups is 2. The van der Waals surface area contributed by atoms with Gasteiger partial charge in [-0.05, 0) is 31.2 Å². The first-order chi connectivity index (χ1) is 8.76. The molecule has 0 bridgehead atoms. The van der Waals surface area contributed by atoms with E-state index in [-0.39, 0.29) is 6.61 Å². The second kappa shape index (κ2) is 6.21. The van der Waals surface area contributed by atoms with Crippen LogP contribution in [-0.4, -0.2) is 29.9 Å². The predicted octanol–water partition coefficient (Wildman–Crippen LogP) is 2.34. The third-order valence-corrected chi connectivity index (χ3v) is 3.80. The molecule has 1 aromatic carbocycles. The van der Waals surface area contributed by atoms with Crippen LogP contribution in [0, 0.1) is 5.92 Å². The highest BCUT2D eigenvalue weighted by atomic mass is 16.3. The van der Waals surface area contributed by atoms with Gasteiger partial charge >= 0.3 is 0 Å². The highest BCUT2D eigenvalue weighted by Crippen LogP contribution is 2.31. The van der Waals surface area contributed by atoms with E-state index in [2.05, 4.69) is 11.0 Å². The van der Waals surface area contributed by atoms with Crippen LogP contribution in [0.3, 0.4) is 0 Å². The van der Waals surface area contributed by atoms with Gasteiger partial charge in [-0.15, -0.1) is 0 Å². The van der Waals surface area contributed by atoms with Gasteiger partial charge in [-0.25, -0.2) is 0 Å². The van der Waals surface area contributed by atoms with Crippen LogP contribution in [0.5, 0.6) is 0 Å². The van der Waals surface area contributed by atoms with E-state index >= 15 is 0 Å². The minimum atomic E-state index is -0.393. The summed E-state index contributed by atoms with van der Waals surface area (Å²) < 4.78 is 0. The Morgan fingerprint density at radius 3 is 2.89 bits per heavy atom. The van der Waals surface area contributed by atoms with Gasteiger partial charge in [-0.2, -0.15) is 0 Å². The Labute approximate surface area is 109 Å². The predicted molar refractivity (Wildman–Crippen MR) is 73.7 cm³/mol. The lowest BCUT2D eigenvalue weighted by Crippen LogP contribution is -2.37. The zero-order chi connectivity index (χ0) is 13.0. The van der Waals surface area contributed by atoms with Gasteiger partial charge in [0.15, 0.2) is 0 Å². The summed E-state index contributed by atoms with van der Waals surface area (Å²) in [5, 5.41) is 19.4. The molecule has 1 unspecified atom stereocenters. The van der Waals surface area contributed by atoms with E-state index in [1.807, 2.05) is 25.1 Å². The quantitative estimate of drug-likeness (QED) is 0.861. The summed E-state index contributed by atoms with van der Waals surface area (Å²) in [4.78, 5) is 2.30. The summed E-state index contributed by atoms with van der Waals surface area (Å²) >= 11 is 0. The lowest BCUT2D eigenvalue weighted by Gasteiger charge is -2.35. The number of hydrogen-bond acceptors (Lipinski definition) is 3. The van der Waals surface area contributed by atoms with E-state index < -0.39 is 6.10 Å². The lowest BCUT2D eigenvalue weighted by molar-refractivity contribution is 0.173. The molecule has 3 nitrogen and oxygen atoms in total. The second-order valence-electron chi connectivity index (χ2n) is 5.12. The van der Waals surface area contributed by atoms with E-state index in [0.29, 0.717) is 5.92 Å². The van der Waals surface area contributed by atoms with E-state index in [0.717, 1.165) is 43.6 Å². The molecule has 100 valence electrons. The Morgan fingerprint density at radius 1 is 1.39 bits per heavy atom. The van der Waals surface area contributed by atoms with Crippen molar-refractivity contribution in [2.75, 3.05) is 24.6 Å². The molecular formula is C15H23NO2. The molecule has 2 rings (SSSR count). The number of rotatable bonds is 4. The summed E-state index contributed by atoms with van der Waals surface area (Å²) in [5.41, 5.74) is 2.14. The minimum Gasteiger partial charge on any atom is -0.396 e. The molecule has 1 aromatic rings. The molecule has 1 saturated heterocycles.